The second-order valence-corrected chi connectivity index (χ2v) is 4.01. The van der Waals surface area contributed by atoms with Crippen LogP contribution in [0.4, 0.5) is 15.8 Å². The number of esters is 1. The van der Waals surface area contributed by atoms with Crippen LogP contribution in [-0.2, 0) is 11.3 Å². The van der Waals surface area contributed by atoms with Crippen LogP contribution in [-0.4, -0.2) is 5.97 Å². The van der Waals surface area contributed by atoms with Crippen molar-refractivity contribution in [3.8, 4) is 0 Å². The third-order valence-corrected chi connectivity index (χ3v) is 2.61. The lowest BCUT2D eigenvalue weighted by atomic mass is 10.1. The summed E-state index contributed by atoms with van der Waals surface area (Å²) in [5, 5.41) is 0. The SMILES string of the molecule is Nc1ccc(C(=O)OCc2ccccc2F)c(N)c1. The van der Waals surface area contributed by atoms with Crippen LogP contribution in [0, 0.1) is 5.82 Å². The molecule has 0 amide bonds. The summed E-state index contributed by atoms with van der Waals surface area (Å²) >= 11 is 0. The van der Waals surface area contributed by atoms with Gasteiger partial charge < -0.3 is 16.2 Å². The Morgan fingerprint density at radius 2 is 1.89 bits per heavy atom. The van der Waals surface area contributed by atoms with Crippen LogP contribution in [0.2, 0.25) is 0 Å². The number of hydrogen-bond acceptors (Lipinski definition) is 4. The highest BCUT2D eigenvalue weighted by Crippen LogP contribution is 2.17. The van der Waals surface area contributed by atoms with Gasteiger partial charge >= 0.3 is 5.97 Å². The van der Waals surface area contributed by atoms with Crippen molar-refractivity contribution in [3.63, 3.8) is 0 Å². The predicted molar refractivity (Wildman–Crippen MR) is 70.8 cm³/mol. The summed E-state index contributed by atoms with van der Waals surface area (Å²) in [6.45, 7) is -0.144. The van der Waals surface area contributed by atoms with Crippen molar-refractivity contribution >= 4 is 17.3 Å². The number of rotatable bonds is 3. The molecular formula is C14H13FN2O2. The van der Waals surface area contributed by atoms with Crippen LogP contribution in [0.15, 0.2) is 42.5 Å². The van der Waals surface area contributed by atoms with Gasteiger partial charge in [-0.05, 0) is 24.3 Å². The first kappa shape index (κ1) is 12.9. The van der Waals surface area contributed by atoms with Gasteiger partial charge in [0, 0.05) is 16.9 Å². The van der Waals surface area contributed by atoms with Gasteiger partial charge in [0.15, 0.2) is 0 Å². The minimum Gasteiger partial charge on any atom is -0.457 e. The molecule has 0 unspecified atom stereocenters. The molecule has 0 saturated heterocycles. The zero-order chi connectivity index (χ0) is 13.8. The lowest BCUT2D eigenvalue weighted by Gasteiger charge is -2.08. The highest BCUT2D eigenvalue weighted by molar-refractivity contribution is 5.95. The molecule has 0 atom stereocenters. The van der Waals surface area contributed by atoms with Crippen LogP contribution < -0.4 is 11.5 Å². The molecule has 4 N–H and O–H groups in total. The number of nitrogen functional groups attached to an aromatic ring is 2. The van der Waals surface area contributed by atoms with Gasteiger partial charge in [-0.3, -0.25) is 0 Å². The van der Waals surface area contributed by atoms with Crippen LogP contribution in [0.3, 0.4) is 0 Å². The minimum absolute atomic E-state index is 0.144. The standard InChI is InChI=1S/C14H13FN2O2/c15-12-4-2-1-3-9(12)8-19-14(18)11-6-5-10(16)7-13(11)17/h1-7H,8,16-17H2. The van der Waals surface area contributed by atoms with E-state index in [4.69, 9.17) is 16.2 Å². The zero-order valence-corrected chi connectivity index (χ0v) is 10.1. The molecule has 0 radical (unpaired) electrons. The highest BCUT2D eigenvalue weighted by atomic mass is 19.1. The Bertz CT molecular complexity index is 614. The molecule has 2 aromatic carbocycles. The maximum atomic E-state index is 13.3. The lowest BCUT2D eigenvalue weighted by Crippen LogP contribution is -2.09. The highest BCUT2D eigenvalue weighted by Gasteiger charge is 2.12. The van der Waals surface area contributed by atoms with Crippen molar-refractivity contribution < 1.29 is 13.9 Å². The van der Waals surface area contributed by atoms with Crippen LogP contribution >= 0.6 is 0 Å². The van der Waals surface area contributed by atoms with Gasteiger partial charge in [-0.1, -0.05) is 18.2 Å². The van der Waals surface area contributed by atoms with Crippen molar-refractivity contribution in [2.45, 2.75) is 6.61 Å². The van der Waals surface area contributed by atoms with Gasteiger partial charge in [-0.25, -0.2) is 9.18 Å². The fraction of sp³-hybridized carbons (Fsp3) is 0.0714. The van der Waals surface area contributed by atoms with E-state index in [9.17, 15) is 9.18 Å². The summed E-state index contributed by atoms with van der Waals surface area (Å²) in [4.78, 5) is 11.8. The number of hydrogen-bond donors (Lipinski definition) is 2. The average molecular weight is 260 g/mol. The van der Waals surface area contributed by atoms with E-state index < -0.39 is 11.8 Å². The minimum atomic E-state index is -0.610. The zero-order valence-electron chi connectivity index (χ0n) is 10.1. The summed E-state index contributed by atoms with van der Waals surface area (Å²) in [5.74, 6) is -1.03. The first-order valence-corrected chi connectivity index (χ1v) is 5.63. The van der Waals surface area contributed by atoms with Gasteiger partial charge in [-0.15, -0.1) is 0 Å². The molecule has 98 valence electrons. The number of benzene rings is 2. The maximum Gasteiger partial charge on any atom is 0.340 e. The lowest BCUT2D eigenvalue weighted by molar-refractivity contribution is 0.0470. The molecule has 0 heterocycles. The number of halogens is 1. The van der Waals surface area contributed by atoms with Crippen molar-refractivity contribution in [2.24, 2.45) is 0 Å². The molecule has 19 heavy (non-hydrogen) atoms. The van der Waals surface area contributed by atoms with Crippen molar-refractivity contribution in [1.29, 1.82) is 0 Å². The van der Waals surface area contributed by atoms with E-state index in [-0.39, 0.29) is 17.9 Å². The summed E-state index contributed by atoms with van der Waals surface area (Å²) in [7, 11) is 0. The van der Waals surface area contributed by atoms with Crippen molar-refractivity contribution in [3.05, 3.63) is 59.4 Å². The second-order valence-electron chi connectivity index (χ2n) is 4.01. The normalized spacial score (nSPS) is 10.2. The Hall–Kier alpha value is -2.56. The first-order chi connectivity index (χ1) is 9.08. The topological polar surface area (TPSA) is 78.3 Å². The van der Waals surface area contributed by atoms with E-state index in [1.54, 1.807) is 24.3 Å². The molecule has 0 fully saturated rings. The van der Waals surface area contributed by atoms with Crippen LogP contribution in [0.25, 0.3) is 0 Å². The maximum absolute atomic E-state index is 13.3. The number of carbonyl (C=O) groups excluding carboxylic acids is 1. The van der Waals surface area contributed by atoms with E-state index in [1.165, 1.54) is 18.2 Å². The van der Waals surface area contributed by atoms with E-state index in [2.05, 4.69) is 0 Å². The monoisotopic (exact) mass is 260 g/mol. The summed E-state index contributed by atoms with van der Waals surface area (Å²) in [5.41, 5.74) is 12.4. The van der Waals surface area contributed by atoms with E-state index >= 15 is 0 Å². The molecule has 2 aromatic rings. The fourth-order valence-corrected chi connectivity index (χ4v) is 1.60. The van der Waals surface area contributed by atoms with Gasteiger partial charge in [0.2, 0.25) is 0 Å². The van der Waals surface area contributed by atoms with Gasteiger partial charge in [-0.2, -0.15) is 0 Å². The van der Waals surface area contributed by atoms with Crippen molar-refractivity contribution in [1.82, 2.24) is 0 Å². The van der Waals surface area contributed by atoms with E-state index in [0.29, 0.717) is 11.3 Å². The number of ether oxygens (including phenoxy) is 1. The number of nitrogens with two attached hydrogens (primary N) is 2. The molecule has 0 aliphatic carbocycles. The third-order valence-electron chi connectivity index (χ3n) is 2.61. The third kappa shape index (κ3) is 3.01. The van der Waals surface area contributed by atoms with Gasteiger partial charge in [0.05, 0.1) is 5.56 Å². The molecule has 0 aromatic heterocycles. The van der Waals surface area contributed by atoms with E-state index in [0.717, 1.165) is 0 Å². The average Bonchev–Trinajstić information content (AvgIpc) is 2.37. The molecule has 0 aliphatic rings. The molecule has 0 aliphatic heterocycles. The molecule has 0 saturated carbocycles. The Morgan fingerprint density at radius 1 is 1.16 bits per heavy atom. The molecule has 5 heteroatoms. The van der Waals surface area contributed by atoms with Crippen molar-refractivity contribution in [2.75, 3.05) is 11.5 Å². The quantitative estimate of drug-likeness (QED) is 0.656. The van der Waals surface area contributed by atoms with Gasteiger partial charge in [0.25, 0.3) is 0 Å². The molecular weight excluding hydrogens is 247 g/mol. The van der Waals surface area contributed by atoms with Gasteiger partial charge in [0.1, 0.15) is 12.4 Å². The molecule has 0 spiro atoms. The Morgan fingerprint density at radius 3 is 2.58 bits per heavy atom. The fourth-order valence-electron chi connectivity index (χ4n) is 1.60. The van der Waals surface area contributed by atoms with E-state index in [1.807, 2.05) is 0 Å². The Balaban J connectivity index is 2.08. The largest absolute Gasteiger partial charge is 0.457 e. The van der Waals surface area contributed by atoms with Crippen LogP contribution in [0.5, 0.6) is 0 Å². The summed E-state index contributed by atoms with van der Waals surface area (Å²) in [6, 6.07) is 10.6. The Labute approximate surface area is 109 Å². The summed E-state index contributed by atoms with van der Waals surface area (Å²) in [6.07, 6.45) is 0. The predicted octanol–water partition coefficient (Wildman–Crippen LogP) is 2.35. The number of carbonyl (C=O) groups is 1. The molecule has 4 nitrogen and oxygen atoms in total. The second kappa shape index (κ2) is 5.39. The smallest absolute Gasteiger partial charge is 0.340 e. The first-order valence-electron chi connectivity index (χ1n) is 5.63. The molecule has 0 bridgehead atoms. The Kier molecular flexibility index (Phi) is 3.66. The van der Waals surface area contributed by atoms with Crippen LogP contribution in [0.1, 0.15) is 15.9 Å². The summed E-state index contributed by atoms with van der Waals surface area (Å²) < 4.78 is 18.4. The number of anilines is 2. The molecule has 2 rings (SSSR count).